The summed E-state index contributed by atoms with van der Waals surface area (Å²) in [5.74, 6) is 0. The van der Waals surface area contributed by atoms with E-state index in [4.69, 9.17) is 0 Å². The largest absolute Gasteiger partial charge is 1.00 e. The molecule has 0 radical (unpaired) electrons. The number of benzene rings is 1. The van der Waals surface area contributed by atoms with Crippen LogP contribution in [0.1, 0.15) is 0 Å². The van der Waals surface area contributed by atoms with Crippen molar-refractivity contribution in [1.29, 1.82) is 0 Å². The zero-order valence-corrected chi connectivity index (χ0v) is 10.5. The first kappa shape index (κ1) is 14.2. The van der Waals surface area contributed by atoms with Crippen molar-refractivity contribution in [3.63, 3.8) is 0 Å². The van der Waals surface area contributed by atoms with E-state index in [1.165, 1.54) is 5.30 Å². The first-order valence-electron chi connectivity index (χ1n) is 4.23. The molecule has 0 amide bonds. The van der Waals surface area contributed by atoms with Crippen molar-refractivity contribution >= 4 is 13.5 Å². The van der Waals surface area contributed by atoms with E-state index >= 15 is 0 Å². The Hall–Kier alpha value is 0.167. The number of nitrogens with zero attached hydrogens (tertiary/aromatic N) is 2. The predicted molar refractivity (Wildman–Crippen MR) is 59.2 cm³/mol. The van der Waals surface area contributed by atoms with Crippen molar-refractivity contribution in [3.05, 3.63) is 30.3 Å². The minimum absolute atomic E-state index is 0. The molecule has 0 saturated carbocycles. The van der Waals surface area contributed by atoms with Crippen molar-refractivity contribution in [2.24, 2.45) is 0 Å². The van der Waals surface area contributed by atoms with Gasteiger partial charge in [0.1, 0.15) is 0 Å². The maximum Gasteiger partial charge on any atom is 1.00 e. The summed E-state index contributed by atoms with van der Waals surface area (Å²) in [5.41, 5.74) is 0. The Kier molecular flexibility index (Phi) is 6.69. The summed E-state index contributed by atoms with van der Waals surface area (Å²) in [5, 5.41) is 1.34. The van der Waals surface area contributed by atoms with Crippen molar-refractivity contribution < 1.29 is 18.9 Å². The summed E-state index contributed by atoms with van der Waals surface area (Å²) in [6.07, 6.45) is 0. The number of rotatable bonds is 3. The van der Waals surface area contributed by atoms with Crippen LogP contribution in [0.2, 0.25) is 0 Å². The van der Waals surface area contributed by atoms with Crippen LogP contribution < -0.4 is 24.2 Å². The normalized spacial score (nSPS) is 10.8. The molecule has 1 aromatic rings. The van der Waals surface area contributed by atoms with Crippen LogP contribution in [0.5, 0.6) is 0 Å². The third kappa shape index (κ3) is 3.73. The molecular formula is C10H16LiN2P. The first-order chi connectivity index (χ1) is 6.13. The molecule has 4 heteroatoms. The summed E-state index contributed by atoms with van der Waals surface area (Å²) in [4.78, 5) is 0. The van der Waals surface area contributed by atoms with Gasteiger partial charge in [-0.3, -0.25) is 9.34 Å². The standard InChI is InChI=1S/C10H16N2P.Li/c1-11(2)13(12(3)4)10-8-6-5-7-9-10;/h5-6,8-9H,1-4H3;/q-1;+1. The molecule has 72 valence electrons. The molecule has 0 saturated heterocycles. The molecule has 0 heterocycles. The molecule has 0 unspecified atom stereocenters. The van der Waals surface area contributed by atoms with E-state index in [9.17, 15) is 0 Å². The Morgan fingerprint density at radius 2 is 1.71 bits per heavy atom. The number of hydrogen-bond donors (Lipinski definition) is 0. The van der Waals surface area contributed by atoms with E-state index in [2.05, 4.69) is 55.7 Å². The molecule has 2 nitrogen and oxygen atoms in total. The Morgan fingerprint density at radius 1 is 1.14 bits per heavy atom. The predicted octanol–water partition coefficient (Wildman–Crippen LogP) is -1.45. The summed E-state index contributed by atoms with van der Waals surface area (Å²) in [7, 11) is 8.10. The van der Waals surface area contributed by atoms with Crippen molar-refractivity contribution in [3.8, 4) is 0 Å². The van der Waals surface area contributed by atoms with Crippen LogP contribution in [0.15, 0.2) is 24.3 Å². The molecule has 1 aromatic carbocycles. The SMILES string of the molecule is CN(C)P(c1c[c-]ccc1)N(C)C.[Li+]. The summed E-state index contributed by atoms with van der Waals surface area (Å²) < 4.78 is 4.50. The second-order valence-electron chi connectivity index (χ2n) is 3.25. The summed E-state index contributed by atoms with van der Waals surface area (Å²) in [6.45, 7) is 0. The van der Waals surface area contributed by atoms with Crippen LogP contribution >= 0.6 is 8.22 Å². The zero-order valence-electron chi connectivity index (χ0n) is 9.65. The van der Waals surface area contributed by atoms with E-state index in [0.29, 0.717) is 0 Å². The van der Waals surface area contributed by atoms with Gasteiger partial charge in [0.2, 0.25) is 0 Å². The van der Waals surface area contributed by atoms with Crippen LogP contribution in [-0.4, -0.2) is 37.5 Å². The Morgan fingerprint density at radius 3 is 2.07 bits per heavy atom. The van der Waals surface area contributed by atoms with Gasteiger partial charge in [-0.05, 0) is 28.2 Å². The molecule has 0 spiro atoms. The smallest absolute Gasteiger partial charge is 0.282 e. The van der Waals surface area contributed by atoms with Gasteiger partial charge in [0.25, 0.3) is 0 Å². The van der Waals surface area contributed by atoms with Crippen LogP contribution in [0, 0.1) is 6.07 Å². The van der Waals surface area contributed by atoms with Gasteiger partial charge >= 0.3 is 18.9 Å². The fraction of sp³-hybridized carbons (Fsp3) is 0.400. The van der Waals surface area contributed by atoms with Crippen molar-refractivity contribution in [2.75, 3.05) is 28.2 Å². The Labute approximate surface area is 100 Å². The molecule has 0 bridgehead atoms. The summed E-state index contributed by atoms with van der Waals surface area (Å²) in [6, 6.07) is 11.3. The molecule has 0 aliphatic rings. The second-order valence-corrected chi connectivity index (χ2v) is 5.94. The van der Waals surface area contributed by atoms with Crippen LogP contribution in [-0.2, 0) is 0 Å². The van der Waals surface area contributed by atoms with E-state index in [1.54, 1.807) is 0 Å². The molecule has 0 N–H and O–H groups in total. The average molecular weight is 202 g/mol. The van der Waals surface area contributed by atoms with E-state index in [0.717, 1.165) is 0 Å². The van der Waals surface area contributed by atoms with E-state index < -0.39 is 0 Å². The van der Waals surface area contributed by atoms with Gasteiger partial charge in [-0.15, -0.1) is 5.30 Å². The Balaban J connectivity index is 0.00000169. The fourth-order valence-corrected chi connectivity index (χ4v) is 3.38. The van der Waals surface area contributed by atoms with E-state index in [-0.39, 0.29) is 27.1 Å². The monoisotopic (exact) mass is 202 g/mol. The fourth-order valence-electron chi connectivity index (χ4n) is 1.33. The maximum atomic E-state index is 3.11. The molecule has 0 aliphatic heterocycles. The van der Waals surface area contributed by atoms with E-state index in [1.807, 2.05) is 12.1 Å². The van der Waals surface area contributed by atoms with Gasteiger partial charge in [-0.1, -0.05) is 0 Å². The second kappa shape index (κ2) is 6.61. The summed E-state index contributed by atoms with van der Waals surface area (Å²) >= 11 is 0. The van der Waals surface area contributed by atoms with Gasteiger partial charge in [0.05, 0.1) is 0 Å². The minimum atomic E-state index is -0.338. The van der Waals surface area contributed by atoms with Gasteiger partial charge < -0.3 is 0 Å². The van der Waals surface area contributed by atoms with Crippen LogP contribution in [0.3, 0.4) is 0 Å². The maximum absolute atomic E-state index is 3.11. The average Bonchev–Trinajstić information content (AvgIpc) is 2.04. The third-order valence-corrected chi connectivity index (χ3v) is 3.93. The third-order valence-electron chi connectivity index (χ3n) is 1.68. The molecule has 14 heavy (non-hydrogen) atoms. The number of hydrogen-bond acceptors (Lipinski definition) is 2. The molecule has 0 atom stereocenters. The molecular weight excluding hydrogens is 186 g/mol. The van der Waals surface area contributed by atoms with Gasteiger partial charge in [-0.2, -0.15) is 30.3 Å². The topological polar surface area (TPSA) is 6.48 Å². The molecule has 0 aliphatic carbocycles. The van der Waals surface area contributed by atoms with Gasteiger partial charge in [-0.25, -0.2) is 0 Å². The minimum Gasteiger partial charge on any atom is -0.282 e. The quantitative estimate of drug-likeness (QED) is 0.336. The molecule has 0 aromatic heterocycles. The van der Waals surface area contributed by atoms with Crippen molar-refractivity contribution in [2.45, 2.75) is 0 Å². The zero-order chi connectivity index (χ0) is 9.84. The molecule has 0 fully saturated rings. The van der Waals surface area contributed by atoms with Gasteiger partial charge in [0, 0.05) is 8.22 Å². The molecule has 1 rings (SSSR count). The first-order valence-corrected chi connectivity index (χ1v) is 5.48. The van der Waals surface area contributed by atoms with Crippen molar-refractivity contribution in [1.82, 2.24) is 9.34 Å². The van der Waals surface area contributed by atoms with Crippen LogP contribution in [0.4, 0.5) is 0 Å². The van der Waals surface area contributed by atoms with Crippen LogP contribution in [0.25, 0.3) is 0 Å². The Bertz CT molecular complexity index is 244. The van der Waals surface area contributed by atoms with Gasteiger partial charge in [0.15, 0.2) is 0 Å².